The minimum atomic E-state index is -1.19. The summed E-state index contributed by atoms with van der Waals surface area (Å²) < 4.78 is 21.2. The van der Waals surface area contributed by atoms with Gasteiger partial charge in [-0.05, 0) is 70.9 Å². The van der Waals surface area contributed by atoms with Crippen molar-refractivity contribution in [2.24, 2.45) is 0 Å². The first-order chi connectivity index (χ1) is 15.4. The van der Waals surface area contributed by atoms with Gasteiger partial charge in [0.1, 0.15) is 24.0 Å². The zero-order chi connectivity index (χ0) is 24.6. The zero-order valence-corrected chi connectivity index (χ0v) is 20.2. The van der Waals surface area contributed by atoms with E-state index in [0.717, 1.165) is 6.42 Å². The Morgan fingerprint density at radius 1 is 1.09 bits per heavy atom. The largest absolute Gasteiger partial charge is 0.489 e. The van der Waals surface area contributed by atoms with Gasteiger partial charge >= 0.3 is 12.1 Å². The van der Waals surface area contributed by atoms with Crippen LogP contribution in [0.3, 0.4) is 0 Å². The van der Waals surface area contributed by atoms with Crippen molar-refractivity contribution < 1.29 is 33.3 Å². The predicted octanol–water partition coefficient (Wildman–Crippen LogP) is 2.99. The molecule has 2 N–H and O–H groups in total. The highest BCUT2D eigenvalue weighted by atomic mass is 16.6. The fourth-order valence-electron chi connectivity index (χ4n) is 3.08. The molecule has 1 atom stereocenters. The molecule has 182 valence electrons. The van der Waals surface area contributed by atoms with E-state index in [0.29, 0.717) is 31.1 Å². The number of methoxy groups -OCH3 is 1. The van der Waals surface area contributed by atoms with Gasteiger partial charge in [-0.25, -0.2) is 9.59 Å². The average Bonchev–Trinajstić information content (AvgIpc) is 2.74. The standard InChI is InChI=1S/C24H34N2O7/c1-23(2,3)33-22(29)26-24(4,5)19(21(28)30-6)25-20(27)17-7-9-18(10-8-17)32-15-16-11-13-31-14-12-16/h7-11,19H,12-15H2,1-6H3,(H,25,27)(H,26,29)/t19-/m1/s1. The molecular formula is C24H34N2O7. The number of ether oxygens (including phenoxy) is 4. The number of carbonyl (C=O) groups excluding carboxylic acids is 3. The molecule has 9 nitrogen and oxygen atoms in total. The van der Waals surface area contributed by atoms with Gasteiger partial charge in [-0.15, -0.1) is 0 Å². The van der Waals surface area contributed by atoms with Crippen LogP contribution in [-0.4, -0.2) is 62.1 Å². The van der Waals surface area contributed by atoms with Crippen LogP contribution >= 0.6 is 0 Å². The molecule has 0 saturated carbocycles. The lowest BCUT2D eigenvalue weighted by Gasteiger charge is -2.34. The molecule has 0 radical (unpaired) electrons. The molecule has 0 saturated heterocycles. The monoisotopic (exact) mass is 462 g/mol. The fourth-order valence-corrected chi connectivity index (χ4v) is 3.08. The molecule has 9 heteroatoms. The van der Waals surface area contributed by atoms with E-state index >= 15 is 0 Å². The number of rotatable bonds is 8. The van der Waals surface area contributed by atoms with Crippen LogP contribution < -0.4 is 15.4 Å². The third kappa shape index (κ3) is 8.42. The molecule has 0 unspecified atom stereocenters. The maximum atomic E-state index is 12.8. The first-order valence-electron chi connectivity index (χ1n) is 10.8. The van der Waals surface area contributed by atoms with Gasteiger partial charge in [-0.3, -0.25) is 4.79 Å². The van der Waals surface area contributed by atoms with Crippen molar-refractivity contribution >= 4 is 18.0 Å². The van der Waals surface area contributed by atoms with Crippen LogP contribution in [0.4, 0.5) is 4.79 Å². The van der Waals surface area contributed by atoms with E-state index in [2.05, 4.69) is 10.6 Å². The SMILES string of the molecule is COC(=O)[C@@H](NC(=O)c1ccc(OCC2=CCOCC2)cc1)C(C)(C)NC(=O)OC(C)(C)C. The summed E-state index contributed by atoms with van der Waals surface area (Å²) in [5.41, 5.74) is -0.403. The van der Waals surface area contributed by atoms with E-state index in [-0.39, 0.29) is 0 Å². The van der Waals surface area contributed by atoms with E-state index in [1.165, 1.54) is 12.7 Å². The van der Waals surface area contributed by atoms with Crippen LogP contribution in [-0.2, 0) is 19.0 Å². The lowest BCUT2D eigenvalue weighted by molar-refractivity contribution is -0.144. The molecule has 1 aliphatic heterocycles. The molecule has 33 heavy (non-hydrogen) atoms. The molecule has 1 aliphatic rings. The Morgan fingerprint density at radius 2 is 1.76 bits per heavy atom. The Kier molecular flexibility index (Phi) is 8.87. The van der Waals surface area contributed by atoms with Crippen molar-refractivity contribution in [1.29, 1.82) is 0 Å². The smallest absolute Gasteiger partial charge is 0.408 e. The summed E-state index contributed by atoms with van der Waals surface area (Å²) in [6.45, 7) is 10.1. The molecule has 0 bridgehead atoms. The maximum Gasteiger partial charge on any atom is 0.408 e. The number of hydrogen-bond donors (Lipinski definition) is 2. The summed E-state index contributed by atoms with van der Waals surface area (Å²) in [6, 6.07) is 5.42. The molecule has 1 heterocycles. The van der Waals surface area contributed by atoms with Crippen LogP contribution in [0.5, 0.6) is 5.75 Å². The Labute approximate surface area is 194 Å². The number of benzene rings is 1. The van der Waals surface area contributed by atoms with Crippen LogP contribution in [0.15, 0.2) is 35.9 Å². The predicted molar refractivity (Wildman–Crippen MR) is 122 cm³/mol. The maximum absolute atomic E-state index is 12.8. The van der Waals surface area contributed by atoms with Gasteiger partial charge < -0.3 is 29.6 Å². The van der Waals surface area contributed by atoms with E-state index in [9.17, 15) is 14.4 Å². The second-order valence-corrected chi connectivity index (χ2v) is 9.28. The van der Waals surface area contributed by atoms with Gasteiger partial charge in [0.25, 0.3) is 5.91 Å². The van der Waals surface area contributed by atoms with Gasteiger partial charge in [0, 0.05) is 5.56 Å². The zero-order valence-electron chi connectivity index (χ0n) is 20.2. The molecule has 1 aromatic carbocycles. The Hall–Kier alpha value is -3.07. The summed E-state index contributed by atoms with van der Waals surface area (Å²) in [5.74, 6) is -0.576. The first kappa shape index (κ1) is 26.2. The molecule has 0 aromatic heterocycles. The summed E-state index contributed by atoms with van der Waals surface area (Å²) in [4.78, 5) is 37.5. The summed E-state index contributed by atoms with van der Waals surface area (Å²) in [6.07, 6.45) is 2.13. The van der Waals surface area contributed by atoms with Crippen LogP contribution in [0.25, 0.3) is 0 Å². The van der Waals surface area contributed by atoms with Crippen molar-refractivity contribution in [2.75, 3.05) is 26.9 Å². The van der Waals surface area contributed by atoms with Gasteiger partial charge in [0.15, 0.2) is 0 Å². The second-order valence-electron chi connectivity index (χ2n) is 9.28. The van der Waals surface area contributed by atoms with Crippen molar-refractivity contribution in [3.8, 4) is 5.75 Å². The highest BCUT2D eigenvalue weighted by molar-refractivity contribution is 5.97. The number of amides is 2. The molecule has 1 aromatic rings. The Balaban J connectivity index is 2.04. The van der Waals surface area contributed by atoms with Gasteiger partial charge in [0.05, 0.1) is 25.9 Å². The summed E-state index contributed by atoms with van der Waals surface area (Å²) >= 11 is 0. The third-order valence-corrected chi connectivity index (χ3v) is 4.86. The highest BCUT2D eigenvalue weighted by Gasteiger charge is 2.39. The highest BCUT2D eigenvalue weighted by Crippen LogP contribution is 2.18. The lowest BCUT2D eigenvalue weighted by atomic mass is 9.94. The summed E-state index contributed by atoms with van der Waals surface area (Å²) in [5, 5.41) is 5.28. The molecular weight excluding hydrogens is 428 g/mol. The van der Waals surface area contributed by atoms with E-state index in [4.69, 9.17) is 18.9 Å². The number of alkyl carbamates (subject to hydrolysis) is 1. The Bertz CT molecular complexity index is 870. The topological polar surface area (TPSA) is 112 Å². The molecule has 0 fully saturated rings. The number of hydrogen-bond acceptors (Lipinski definition) is 7. The van der Waals surface area contributed by atoms with Crippen molar-refractivity contribution in [1.82, 2.24) is 10.6 Å². The Morgan fingerprint density at radius 3 is 2.30 bits per heavy atom. The number of carbonyl (C=O) groups is 3. The van der Waals surface area contributed by atoms with Crippen LogP contribution in [0, 0.1) is 0 Å². The van der Waals surface area contributed by atoms with Crippen LogP contribution in [0.1, 0.15) is 51.4 Å². The van der Waals surface area contributed by atoms with Gasteiger partial charge in [-0.2, -0.15) is 0 Å². The number of nitrogens with one attached hydrogen (secondary N) is 2. The third-order valence-electron chi connectivity index (χ3n) is 4.86. The molecule has 2 rings (SSSR count). The van der Waals surface area contributed by atoms with Gasteiger partial charge in [-0.1, -0.05) is 6.08 Å². The van der Waals surface area contributed by atoms with Gasteiger partial charge in [0.2, 0.25) is 0 Å². The molecule has 2 amide bonds. The number of esters is 1. The van der Waals surface area contributed by atoms with Crippen molar-refractivity contribution in [3.63, 3.8) is 0 Å². The van der Waals surface area contributed by atoms with E-state index < -0.39 is 35.2 Å². The minimum Gasteiger partial charge on any atom is -0.489 e. The summed E-state index contributed by atoms with van der Waals surface area (Å²) in [7, 11) is 1.21. The second kappa shape index (κ2) is 11.2. The average molecular weight is 463 g/mol. The van der Waals surface area contributed by atoms with Crippen molar-refractivity contribution in [2.45, 2.75) is 58.2 Å². The first-order valence-corrected chi connectivity index (χ1v) is 10.8. The molecule has 0 aliphatic carbocycles. The van der Waals surface area contributed by atoms with Crippen LogP contribution in [0.2, 0.25) is 0 Å². The fraction of sp³-hybridized carbons (Fsp3) is 0.542. The van der Waals surface area contributed by atoms with E-state index in [1.54, 1.807) is 58.9 Å². The molecule has 0 spiro atoms. The minimum absolute atomic E-state index is 0.328. The van der Waals surface area contributed by atoms with E-state index in [1.807, 2.05) is 6.08 Å². The van der Waals surface area contributed by atoms with Crippen molar-refractivity contribution in [3.05, 3.63) is 41.5 Å². The normalized spacial score (nSPS) is 15.0. The quantitative estimate of drug-likeness (QED) is 0.451. The lowest BCUT2D eigenvalue weighted by Crippen LogP contribution is -2.62.